The molecule has 0 amide bonds. The Labute approximate surface area is 165 Å². The summed E-state index contributed by atoms with van der Waals surface area (Å²) >= 11 is 0. The minimum absolute atomic E-state index is 0.0506. The van der Waals surface area contributed by atoms with Gasteiger partial charge >= 0.3 is 11.9 Å². The average molecular weight is 418 g/mol. The Hall–Kier alpha value is -4.02. The third kappa shape index (κ3) is 3.64. The molecule has 2 aromatic carbocycles. The predicted molar refractivity (Wildman–Crippen MR) is 96.6 cm³/mol. The Morgan fingerprint density at radius 3 is 2.33 bits per heavy atom. The van der Waals surface area contributed by atoms with Gasteiger partial charge in [-0.3, -0.25) is 14.5 Å². The highest BCUT2D eigenvalue weighted by atomic mass is 19.4. The molecule has 0 N–H and O–H groups in total. The quantitative estimate of drug-likeness (QED) is 0.257. The summed E-state index contributed by atoms with van der Waals surface area (Å²) in [7, 11) is 0. The lowest BCUT2D eigenvalue weighted by Gasteiger charge is -2.09. The Bertz CT molecular complexity index is 1250. The first-order valence-electron chi connectivity index (χ1n) is 8.36. The largest absolute Gasteiger partial charge is 0.452 e. The fourth-order valence-corrected chi connectivity index (χ4v) is 2.82. The minimum atomic E-state index is -4.65. The summed E-state index contributed by atoms with van der Waals surface area (Å²) in [5, 5.41) is 17.7. The zero-order valence-corrected chi connectivity index (χ0v) is 14.8. The lowest BCUT2D eigenvalue weighted by Crippen LogP contribution is -2.10. The standard InChI is InChI=1S/C19H10F4N4O3/c20-13-4-7-16(15(9-13)27(28)29)30-14-5-1-11(2-6-14)12-3-8-17-24-25-18(19(21,22)23)26(17)10-12/h1-10H. The van der Waals surface area contributed by atoms with Gasteiger partial charge in [0.15, 0.2) is 5.65 Å². The highest BCUT2D eigenvalue weighted by Crippen LogP contribution is 2.33. The molecule has 0 aliphatic carbocycles. The number of fused-ring (bicyclic) bond motifs is 1. The van der Waals surface area contributed by atoms with Crippen LogP contribution in [0.2, 0.25) is 0 Å². The number of halogens is 4. The Balaban J connectivity index is 1.64. The van der Waals surface area contributed by atoms with Crippen molar-refractivity contribution in [3.8, 4) is 22.6 Å². The molecule has 2 aromatic heterocycles. The molecule has 0 saturated heterocycles. The average Bonchev–Trinajstić information content (AvgIpc) is 3.13. The van der Waals surface area contributed by atoms with Crippen molar-refractivity contribution in [1.29, 1.82) is 0 Å². The van der Waals surface area contributed by atoms with E-state index in [4.69, 9.17) is 4.74 Å². The first-order chi connectivity index (χ1) is 14.2. The smallest absolute Gasteiger partial charge is 0.450 e. The minimum Gasteiger partial charge on any atom is -0.450 e. The number of pyridine rings is 1. The maximum absolute atomic E-state index is 13.2. The number of benzene rings is 2. The molecule has 0 aliphatic rings. The van der Waals surface area contributed by atoms with Crippen LogP contribution >= 0.6 is 0 Å². The van der Waals surface area contributed by atoms with Crippen LogP contribution in [-0.2, 0) is 6.18 Å². The molecule has 0 unspecified atom stereocenters. The van der Waals surface area contributed by atoms with Crippen LogP contribution in [0.15, 0.2) is 60.8 Å². The molecule has 11 heteroatoms. The fourth-order valence-electron chi connectivity index (χ4n) is 2.82. The molecule has 0 saturated carbocycles. The Kier molecular flexibility index (Phi) is 4.57. The summed E-state index contributed by atoms with van der Waals surface area (Å²) in [6.07, 6.45) is -3.39. The number of nitro groups is 1. The highest BCUT2D eigenvalue weighted by molar-refractivity contribution is 5.65. The second-order valence-corrected chi connectivity index (χ2v) is 6.16. The topological polar surface area (TPSA) is 82.6 Å². The zero-order valence-electron chi connectivity index (χ0n) is 14.8. The number of aromatic nitrogens is 3. The van der Waals surface area contributed by atoms with Crippen molar-refractivity contribution < 1.29 is 27.2 Å². The molecule has 0 fully saturated rings. The number of rotatable bonds is 4. The normalized spacial score (nSPS) is 11.6. The number of hydrogen-bond donors (Lipinski definition) is 0. The molecule has 152 valence electrons. The van der Waals surface area contributed by atoms with Gasteiger partial charge < -0.3 is 4.74 Å². The van der Waals surface area contributed by atoms with Gasteiger partial charge in [0.25, 0.3) is 0 Å². The van der Waals surface area contributed by atoms with E-state index < -0.39 is 28.4 Å². The van der Waals surface area contributed by atoms with Crippen LogP contribution in [0.1, 0.15) is 5.82 Å². The maximum Gasteiger partial charge on any atom is 0.452 e. The number of ether oxygens (including phenoxy) is 1. The van der Waals surface area contributed by atoms with Crippen LogP contribution in [0.3, 0.4) is 0 Å². The van der Waals surface area contributed by atoms with Crippen molar-refractivity contribution in [3.63, 3.8) is 0 Å². The fraction of sp³-hybridized carbons (Fsp3) is 0.0526. The molecule has 4 rings (SSSR count). The number of nitrogens with zero attached hydrogens (tertiary/aromatic N) is 4. The van der Waals surface area contributed by atoms with Crippen LogP contribution in [0.4, 0.5) is 23.2 Å². The van der Waals surface area contributed by atoms with Gasteiger partial charge in [0, 0.05) is 6.20 Å². The Morgan fingerprint density at radius 1 is 0.967 bits per heavy atom. The number of alkyl halides is 3. The molecule has 0 spiro atoms. The van der Waals surface area contributed by atoms with Crippen LogP contribution in [0, 0.1) is 15.9 Å². The van der Waals surface area contributed by atoms with E-state index >= 15 is 0 Å². The zero-order chi connectivity index (χ0) is 21.5. The molecule has 7 nitrogen and oxygen atoms in total. The predicted octanol–water partition coefficient (Wildman–Crippen LogP) is 5.25. The van der Waals surface area contributed by atoms with E-state index in [1.807, 2.05) is 0 Å². The molecule has 0 aliphatic heterocycles. The molecule has 0 atom stereocenters. The van der Waals surface area contributed by atoms with Crippen LogP contribution in [-0.4, -0.2) is 19.5 Å². The third-order valence-electron chi connectivity index (χ3n) is 4.19. The van der Waals surface area contributed by atoms with Gasteiger partial charge in [-0.15, -0.1) is 10.2 Å². The van der Waals surface area contributed by atoms with Gasteiger partial charge in [-0.05, 0) is 47.5 Å². The van der Waals surface area contributed by atoms with Crippen molar-refractivity contribution >= 4 is 11.3 Å². The maximum atomic E-state index is 13.2. The van der Waals surface area contributed by atoms with E-state index in [1.54, 1.807) is 18.2 Å². The van der Waals surface area contributed by atoms with Gasteiger partial charge in [0.1, 0.15) is 11.6 Å². The van der Waals surface area contributed by atoms with Crippen molar-refractivity contribution in [3.05, 3.63) is 82.6 Å². The summed E-state index contributed by atoms with van der Waals surface area (Å²) in [5.41, 5.74) is 0.554. The van der Waals surface area contributed by atoms with Crippen LogP contribution in [0.25, 0.3) is 16.8 Å². The van der Waals surface area contributed by atoms with E-state index in [-0.39, 0.29) is 17.1 Å². The first kappa shape index (κ1) is 19.3. The molecule has 0 radical (unpaired) electrons. The summed E-state index contributed by atoms with van der Waals surface area (Å²) in [5.74, 6) is -1.82. The third-order valence-corrected chi connectivity index (χ3v) is 4.19. The van der Waals surface area contributed by atoms with E-state index in [0.717, 1.165) is 22.6 Å². The molecular formula is C19H10F4N4O3. The monoisotopic (exact) mass is 418 g/mol. The van der Waals surface area contributed by atoms with Crippen molar-refractivity contribution in [2.45, 2.75) is 6.18 Å². The van der Waals surface area contributed by atoms with Gasteiger partial charge in [-0.1, -0.05) is 12.1 Å². The van der Waals surface area contributed by atoms with E-state index in [0.29, 0.717) is 11.1 Å². The van der Waals surface area contributed by atoms with Crippen molar-refractivity contribution in [1.82, 2.24) is 14.6 Å². The number of nitro benzene ring substituents is 1. The number of hydrogen-bond acceptors (Lipinski definition) is 5. The van der Waals surface area contributed by atoms with Gasteiger partial charge in [-0.2, -0.15) is 13.2 Å². The van der Waals surface area contributed by atoms with Crippen molar-refractivity contribution in [2.75, 3.05) is 0 Å². The molecule has 2 heterocycles. The summed E-state index contributed by atoms with van der Waals surface area (Å²) in [4.78, 5) is 10.3. The lowest BCUT2D eigenvalue weighted by atomic mass is 10.1. The summed E-state index contributed by atoms with van der Waals surface area (Å²) < 4.78 is 58.7. The molecular weight excluding hydrogens is 408 g/mol. The van der Waals surface area contributed by atoms with Crippen LogP contribution < -0.4 is 4.74 Å². The first-order valence-corrected chi connectivity index (χ1v) is 8.36. The Morgan fingerprint density at radius 2 is 1.67 bits per heavy atom. The van der Waals surface area contributed by atoms with E-state index in [1.165, 1.54) is 24.4 Å². The molecule has 30 heavy (non-hydrogen) atoms. The second kappa shape index (κ2) is 7.10. The summed E-state index contributed by atoms with van der Waals surface area (Å²) in [6, 6.07) is 12.0. The highest BCUT2D eigenvalue weighted by Gasteiger charge is 2.36. The van der Waals surface area contributed by atoms with Gasteiger partial charge in [-0.25, -0.2) is 4.39 Å². The van der Waals surface area contributed by atoms with Gasteiger partial charge in [0.05, 0.1) is 11.0 Å². The van der Waals surface area contributed by atoms with E-state index in [2.05, 4.69) is 10.2 Å². The van der Waals surface area contributed by atoms with Crippen molar-refractivity contribution in [2.24, 2.45) is 0 Å². The summed E-state index contributed by atoms with van der Waals surface area (Å²) in [6.45, 7) is 0. The molecule has 4 aromatic rings. The van der Waals surface area contributed by atoms with Crippen LogP contribution in [0.5, 0.6) is 11.5 Å². The second-order valence-electron chi connectivity index (χ2n) is 6.16. The molecule has 0 bridgehead atoms. The van der Waals surface area contributed by atoms with Gasteiger partial charge in [0.2, 0.25) is 11.6 Å². The lowest BCUT2D eigenvalue weighted by molar-refractivity contribution is -0.385. The van der Waals surface area contributed by atoms with E-state index in [9.17, 15) is 27.7 Å². The SMILES string of the molecule is O=[N+]([O-])c1cc(F)ccc1Oc1ccc(-c2ccc3nnc(C(F)(F)F)n3c2)cc1.